The van der Waals surface area contributed by atoms with Crippen LogP contribution in [0, 0.1) is 5.41 Å². The molecule has 98 valence electrons. The second kappa shape index (κ2) is 4.90. The molecule has 0 aromatic heterocycles. The Bertz CT molecular complexity index is 468. The van der Waals surface area contributed by atoms with Crippen LogP contribution in [-0.2, 0) is 9.47 Å². The zero-order valence-corrected chi connectivity index (χ0v) is 12.0. The highest BCUT2D eigenvalue weighted by atomic mass is 35.7. The maximum atomic E-state index is 11.8. The van der Waals surface area contributed by atoms with Crippen LogP contribution in [0.25, 0.3) is 0 Å². The highest BCUT2D eigenvalue weighted by Gasteiger charge is 2.41. The van der Waals surface area contributed by atoms with E-state index in [-0.39, 0.29) is 5.41 Å². The lowest BCUT2D eigenvalue weighted by atomic mass is 9.90. The smallest absolute Gasteiger partial charge is 0.425 e. The van der Waals surface area contributed by atoms with Gasteiger partial charge in [-0.3, -0.25) is 0 Å². The van der Waals surface area contributed by atoms with Crippen molar-refractivity contribution in [2.75, 3.05) is 7.05 Å². The molecule has 18 heavy (non-hydrogen) atoms. The lowest BCUT2D eigenvalue weighted by molar-refractivity contribution is 0.135. The molecule has 4 nitrogen and oxygen atoms in total. The summed E-state index contributed by atoms with van der Waals surface area (Å²) in [6.45, 7) is 4.03. The molecule has 0 unspecified atom stereocenters. The summed E-state index contributed by atoms with van der Waals surface area (Å²) in [5.74, 6) is 1.20. The summed E-state index contributed by atoms with van der Waals surface area (Å²) in [6.07, 6.45) is 5.66. The Morgan fingerprint density at radius 3 is 3.00 bits per heavy atom. The van der Waals surface area contributed by atoms with Crippen LogP contribution in [0.15, 0.2) is 35.5 Å². The number of nitrogens with zero attached hydrogens (tertiary/aromatic N) is 1. The van der Waals surface area contributed by atoms with Crippen molar-refractivity contribution in [3.63, 3.8) is 0 Å². The summed E-state index contributed by atoms with van der Waals surface area (Å²) in [6, 6.07) is 0. The van der Waals surface area contributed by atoms with Crippen molar-refractivity contribution in [2.24, 2.45) is 5.41 Å². The highest BCUT2D eigenvalue weighted by Crippen LogP contribution is 2.47. The van der Waals surface area contributed by atoms with Crippen molar-refractivity contribution in [2.45, 2.75) is 20.3 Å². The van der Waals surface area contributed by atoms with Gasteiger partial charge in [-0.15, -0.1) is 0 Å². The van der Waals surface area contributed by atoms with E-state index in [1.54, 1.807) is 13.3 Å². The highest BCUT2D eigenvalue weighted by molar-refractivity contribution is 8.19. The molecule has 0 radical (unpaired) electrons. The van der Waals surface area contributed by atoms with E-state index in [9.17, 15) is 4.79 Å². The van der Waals surface area contributed by atoms with Crippen LogP contribution >= 0.6 is 21.8 Å². The molecule has 2 aliphatic rings. The van der Waals surface area contributed by atoms with Gasteiger partial charge in [0.05, 0.1) is 17.4 Å². The Morgan fingerprint density at radius 1 is 1.61 bits per heavy atom. The number of halogens is 1. The summed E-state index contributed by atoms with van der Waals surface area (Å²) < 4.78 is 12.1. The number of ether oxygens (including phenoxy) is 2. The second-order valence-electron chi connectivity index (χ2n) is 4.79. The number of fused-ring (bicyclic) bond motifs is 1. The van der Waals surface area contributed by atoms with Crippen LogP contribution in [0.1, 0.15) is 20.3 Å². The van der Waals surface area contributed by atoms with Crippen molar-refractivity contribution in [1.29, 1.82) is 0 Å². The minimum absolute atomic E-state index is 0.263. The SMILES string of the molecule is CN(SCl)C(=O)OC1=C2OC=CC=C2CC1(C)C. The van der Waals surface area contributed by atoms with E-state index < -0.39 is 6.09 Å². The van der Waals surface area contributed by atoms with Crippen LogP contribution in [-0.4, -0.2) is 17.4 Å². The van der Waals surface area contributed by atoms with Crippen molar-refractivity contribution in [3.8, 4) is 0 Å². The third-order valence-electron chi connectivity index (χ3n) is 2.86. The number of carbonyl (C=O) groups is 1. The number of hydrogen-bond donors (Lipinski definition) is 0. The first-order valence-corrected chi connectivity index (χ1v) is 7.07. The minimum Gasteiger partial charge on any atom is -0.461 e. The molecule has 0 bridgehead atoms. The molecule has 0 atom stereocenters. The van der Waals surface area contributed by atoms with Crippen LogP contribution in [0.4, 0.5) is 4.79 Å². The van der Waals surface area contributed by atoms with Gasteiger partial charge in [-0.2, -0.15) is 0 Å². The van der Waals surface area contributed by atoms with Gasteiger partial charge >= 0.3 is 6.09 Å². The van der Waals surface area contributed by atoms with Crippen molar-refractivity contribution < 1.29 is 14.3 Å². The summed E-state index contributed by atoms with van der Waals surface area (Å²) in [5, 5.41) is 0. The summed E-state index contributed by atoms with van der Waals surface area (Å²) >= 11 is 0.785. The van der Waals surface area contributed by atoms with Gasteiger partial charge in [0.25, 0.3) is 0 Å². The van der Waals surface area contributed by atoms with Gasteiger partial charge in [-0.1, -0.05) is 19.9 Å². The molecule has 6 heteroatoms. The Kier molecular flexibility index (Phi) is 3.64. The van der Waals surface area contributed by atoms with E-state index in [1.807, 2.05) is 26.0 Å². The van der Waals surface area contributed by atoms with E-state index in [0.29, 0.717) is 11.5 Å². The van der Waals surface area contributed by atoms with E-state index in [1.165, 1.54) is 4.31 Å². The van der Waals surface area contributed by atoms with Crippen LogP contribution in [0.2, 0.25) is 0 Å². The summed E-state index contributed by atoms with van der Waals surface area (Å²) in [5.41, 5.74) is 0.784. The van der Waals surface area contributed by atoms with Crippen LogP contribution < -0.4 is 0 Å². The molecule has 2 rings (SSSR count). The van der Waals surface area contributed by atoms with Gasteiger partial charge < -0.3 is 9.47 Å². The largest absolute Gasteiger partial charge is 0.461 e. The number of rotatable bonds is 2. The third kappa shape index (κ3) is 2.37. The first-order valence-electron chi connectivity index (χ1n) is 5.47. The zero-order chi connectivity index (χ0) is 13.3. The van der Waals surface area contributed by atoms with Gasteiger partial charge in [0, 0.05) is 12.5 Å². The molecule has 1 amide bonds. The first kappa shape index (κ1) is 13.4. The lowest BCUT2D eigenvalue weighted by Gasteiger charge is -2.22. The van der Waals surface area contributed by atoms with Crippen molar-refractivity contribution in [3.05, 3.63) is 35.5 Å². The molecule has 0 aromatic rings. The third-order valence-corrected chi connectivity index (χ3v) is 3.83. The molecule has 0 spiro atoms. The number of carbonyl (C=O) groups excluding carboxylic acids is 1. The Morgan fingerprint density at radius 2 is 2.33 bits per heavy atom. The fourth-order valence-corrected chi connectivity index (χ4v) is 2.24. The molecule has 0 saturated carbocycles. The molecule has 1 heterocycles. The fourth-order valence-electron chi connectivity index (χ4n) is 1.98. The number of hydrogen-bond acceptors (Lipinski definition) is 4. The predicted octanol–water partition coefficient (Wildman–Crippen LogP) is 3.97. The molecule has 0 fully saturated rings. The molecular weight excluding hydrogens is 274 g/mol. The summed E-state index contributed by atoms with van der Waals surface area (Å²) in [4.78, 5) is 11.8. The van der Waals surface area contributed by atoms with Gasteiger partial charge in [0.15, 0.2) is 11.5 Å². The number of amides is 1. The van der Waals surface area contributed by atoms with Gasteiger partial charge in [-0.05, 0) is 28.8 Å². The van der Waals surface area contributed by atoms with E-state index in [4.69, 9.17) is 20.2 Å². The van der Waals surface area contributed by atoms with Crippen molar-refractivity contribution >= 4 is 27.9 Å². The first-order chi connectivity index (χ1) is 8.45. The number of allylic oxidation sites excluding steroid dienone is 4. The Balaban J connectivity index is 2.27. The molecule has 0 saturated heterocycles. The minimum atomic E-state index is -0.509. The normalized spacial score (nSPS) is 20.1. The van der Waals surface area contributed by atoms with Crippen molar-refractivity contribution in [1.82, 2.24) is 4.31 Å². The zero-order valence-electron chi connectivity index (χ0n) is 10.4. The summed E-state index contributed by atoms with van der Waals surface area (Å²) in [7, 11) is 7.06. The molecule has 0 N–H and O–H groups in total. The standard InChI is InChI=1S/C12H14ClNO3S/c1-12(2)7-8-5-4-6-16-9(8)10(12)17-11(15)14(3)18-13/h4-6H,7H2,1-3H3. The average molecular weight is 288 g/mol. The monoisotopic (exact) mass is 287 g/mol. The van der Waals surface area contributed by atoms with Gasteiger partial charge in [0.2, 0.25) is 0 Å². The van der Waals surface area contributed by atoms with Gasteiger partial charge in [0.1, 0.15) is 0 Å². The predicted molar refractivity (Wildman–Crippen MR) is 71.4 cm³/mol. The van der Waals surface area contributed by atoms with Crippen LogP contribution in [0.3, 0.4) is 0 Å². The maximum Gasteiger partial charge on any atom is 0.425 e. The van der Waals surface area contributed by atoms with Gasteiger partial charge in [-0.25, -0.2) is 9.10 Å². The maximum absolute atomic E-state index is 11.8. The molecular formula is C12H14ClNO3S. The molecule has 0 aromatic carbocycles. The van der Waals surface area contributed by atoms with Crippen LogP contribution in [0.5, 0.6) is 0 Å². The fraction of sp³-hybridized carbons (Fsp3) is 0.417. The lowest BCUT2D eigenvalue weighted by Crippen LogP contribution is -2.23. The second-order valence-corrected chi connectivity index (χ2v) is 5.89. The average Bonchev–Trinajstić information content (AvgIpc) is 2.59. The van der Waals surface area contributed by atoms with E-state index >= 15 is 0 Å². The van der Waals surface area contributed by atoms with E-state index in [2.05, 4.69) is 0 Å². The Hall–Kier alpha value is -1.07. The van der Waals surface area contributed by atoms with E-state index in [0.717, 1.165) is 23.2 Å². The molecule has 1 aliphatic carbocycles. The topological polar surface area (TPSA) is 38.8 Å². The molecule has 1 aliphatic heterocycles. The quantitative estimate of drug-likeness (QED) is 0.721. The Labute approximate surface area is 115 Å².